The molecule has 1 fully saturated rings. The molecule has 2 aliphatic rings. The second-order valence-corrected chi connectivity index (χ2v) is 11.3. The van der Waals surface area contributed by atoms with Gasteiger partial charge in [-0.25, -0.2) is 9.97 Å². The first-order valence-corrected chi connectivity index (χ1v) is 13.9. The molecule has 2 aliphatic heterocycles. The molecule has 3 N–H and O–H groups in total. The maximum Gasteiger partial charge on any atom is 0.255 e. The molecule has 5 rings (SSSR count). The molecule has 3 heterocycles. The summed E-state index contributed by atoms with van der Waals surface area (Å²) < 4.78 is 5.42. The van der Waals surface area contributed by atoms with Crippen molar-refractivity contribution in [1.29, 1.82) is 0 Å². The number of benzene rings is 2. The fourth-order valence-corrected chi connectivity index (χ4v) is 5.34. The van der Waals surface area contributed by atoms with Gasteiger partial charge in [-0.3, -0.25) is 9.59 Å². The number of halogens is 1. The van der Waals surface area contributed by atoms with Crippen LogP contribution in [0.4, 0.5) is 5.95 Å². The zero-order valence-corrected chi connectivity index (χ0v) is 23.7. The highest BCUT2D eigenvalue weighted by molar-refractivity contribution is 6.33. The number of ether oxygens (including phenoxy) is 1. The summed E-state index contributed by atoms with van der Waals surface area (Å²) in [5.41, 5.74) is 3.21. The molecule has 210 valence electrons. The molecular formula is C30H34ClN5O4. The highest BCUT2D eigenvalue weighted by Gasteiger charge is 2.43. The molecule has 1 aromatic heterocycles. The van der Waals surface area contributed by atoms with E-state index < -0.39 is 11.6 Å². The Balaban J connectivity index is 1.34. The maximum absolute atomic E-state index is 13.6. The Hall–Kier alpha value is -3.53. The van der Waals surface area contributed by atoms with Crippen LogP contribution in [0, 0.1) is 6.92 Å². The van der Waals surface area contributed by atoms with Crippen LogP contribution in [-0.4, -0.2) is 63.2 Å². The second-order valence-electron chi connectivity index (χ2n) is 10.9. The van der Waals surface area contributed by atoms with Crippen molar-refractivity contribution in [2.75, 3.05) is 25.1 Å². The van der Waals surface area contributed by atoms with Crippen LogP contribution in [0.3, 0.4) is 0 Å². The van der Waals surface area contributed by atoms with Crippen molar-refractivity contribution in [2.24, 2.45) is 0 Å². The van der Waals surface area contributed by atoms with E-state index in [1.165, 1.54) is 0 Å². The number of nitrogens with zero attached hydrogens (tertiary/aromatic N) is 3. The third-order valence-corrected chi connectivity index (χ3v) is 7.93. The number of anilines is 1. The van der Waals surface area contributed by atoms with Gasteiger partial charge in [-0.1, -0.05) is 53.6 Å². The van der Waals surface area contributed by atoms with Gasteiger partial charge in [0.2, 0.25) is 11.9 Å². The number of carbonyl (C=O) groups is 2. The van der Waals surface area contributed by atoms with Gasteiger partial charge in [0, 0.05) is 36.9 Å². The molecule has 0 radical (unpaired) electrons. The third kappa shape index (κ3) is 5.68. The number of hydrogen-bond donors (Lipinski definition) is 3. The number of fused-ring (bicyclic) bond motifs is 1. The summed E-state index contributed by atoms with van der Waals surface area (Å²) in [4.78, 5) is 37.6. The van der Waals surface area contributed by atoms with E-state index in [1.807, 2.05) is 43.3 Å². The van der Waals surface area contributed by atoms with Crippen LogP contribution in [0.15, 0.2) is 48.7 Å². The lowest BCUT2D eigenvalue weighted by Gasteiger charge is -2.35. The van der Waals surface area contributed by atoms with Crippen molar-refractivity contribution in [3.8, 4) is 11.3 Å². The standard InChI is InChI=1S/C30H34ClN5O4/c1-18-5-4-6-19(13-18)25(17-37)34-28(39)30(2,3)36-16-21-8-7-20(14-23(21)27(36)38)26-24(31)15-32-29(35-26)33-22-9-11-40-12-10-22/h4-8,13-15,22,25,37H,9-12,16-17H2,1-3H3,(H,34,39)(H,32,33,35)/t25-/m1/s1. The fraction of sp³-hybridized carbons (Fsp3) is 0.400. The van der Waals surface area contributed by atoms with Crippen LogP contribution in [0.5, 0.6) is 0 Å². The Bertz CT molecular complexity index is 1420. The van der Waals surface area contributed by atoms with Gasteiger partial charge in [0.05, 0.1) is 29.6 Å². The van der Waals surface area contributed by atoms with E-state index in [-0.39, 0.29) is 31.0 Å². The highest BCUT2D eigenvalue weighted by Crippen LogP contribution is 2.34. The molecule has 0 bridgehead atoms. The number of aliphatic hydroxyl groups is 1. The number of rotatable bonds is 8. The number of aryl methyl sites for hydroxylation is 1. The highest BCUT2D eigenvalue weighted by atomic mass is 35.5. The smallest absolute Gasteiger partial charge is 0.255 e. The van der Waals surface area contributed by atoms with E-state index in [0.717, 1.165) is 29.5 Å². The van der Waals surface area contributed by atoms with Crippen LogP contribution < -0.4 is 10.6 Å². The van der Waals surface area contributed by atoms with Gasteiger partial charge in [0.25, 0.3) is 5.91 Å². The van der Waals surface area contributed by atoms with Gasteiger partial charge in [0.15, 0.2) is 0 Å². The third-order valence-electron chi connectivity index (χ3n) is 7.65. The molecule has 1 atom stereocenters. The largest absolute Gasteiger partial charge is 0.394 e. The molecule has 3 aromatic rings. The average Bonchev–Trinajstić information content (AvgIpc) is 3.29. The summed E-state index contributed by atoms with van der Waals surface area (Å²) in [5.74, 6) is -0.124. The molecular weight excluding hydrogens is 530 g/mol. The summed E-state index contributed by atoms with van der Waals surface area (Å²) in [7, 11) is 0. The van der Waals surface area contributed by atoms with Gasteiger partial charge in [-0.15, -0.1) is 0 Å². The van der Waals surface area contributed by atoms with E-state index in [9.17, 15) is 14.7 Å². The number of aliphatic hydroxyl groups excluding tert-OH is 1. The monoisotopic (exact) mass is 563 g/mol. The number of carbonyl (C=O) groups excluding carboxylic acids is 2. The minimum absolute atomic E-state index is 0.225. The molecule has 0 spiro atoms. The van der Waals surface area contributed by atoms with E-state index in [4.69, 9.17) is 16.3 Å². The topological polar surface area (TPSA) is 117 Å². The first-order chi connectivity index (χ1) is 19.2. The number of aromatic nitrogens is 2. The summed E-state index contributed by atoms with van der Waals surface area (Å²) >= 11 is 6.48. The lowest BCUT2D eigenvalue weighted by atomic mass is 9.99. The van der Waals surface area contributed by atoms with Crippen LogP contribution in [0.2, 0.25) is 5.02 Å². The lowest BCUT2D eigenvalue weighted by Crippen LogP contribution is -2.55. The minimum atomic E-state index is -1.17. The summed E-state index contributed by atoms with van der Waals surface area (Å²) in [6, 6.07) is 12.8. The normalized spacial score (nSPS) is 16.5. The summed E-state index contributed by atoms with van der Waals surface area (Å²) in [5, 5.41) is 16.7. The summed E-state index contributed by atoms with van der Waals surface area (Å²) in [6.45, 7) is 6.81. The van der Waals surface area contributed by atoms with Crippen molar-refractivity contribution in [3.63, 3.8) is 0 Å². The molecule has 0 saturated carbocycles. The summed E-state index contributed by atoms with van der Waals surface area (Å²) in [6.07, 6.45) is 3.31. The van der Waals surface area contributed by atoms with Crippen LogP contribution in [0.1, 0.15) is 59.8 Å². The SMILES string of the molecule is Cc1cccc([C@@H](CO)NC(=O)C(C)(C)N2Cc3ccc(-c4nc(NC5CCOCC5)ncc4Cl)cc3C2=O)c1. The molecule has 0 unspecified atom stereocenters. The molecule has 9 nitrogen and oxygen atoms in total. The lowest BCUT2D eigenvalue weighted by molar-refractivity contribution is -0.131. The number of amides is 2. The molecule has 2 aromatic carbocycles. The zero-order valence-electron chi connectivity index (χ0n) is 22.9. The second kappa shape index (κ2) is 11.5. The van der Waals surface area contributed by atoms with Crippen molar-refractivity contribution in [1.82, 2.24) is 20.2 Å². The molecule has 1 saturated heterocycles. The van der Waals surface area contributed by atoms with E-state index in [0.29, 0.717) is 41.0 Å². The minimum Gasteiger partial charge on any atom is -0.394 e. The Labute approximate surface area is 238 Å². The van der Waals surface area contributed by atoms with Crippen molar-refractivity contribution in [2.45, 2.75) is 57.8 Å². The number of hydrogen-bond acceptors (Lipinski definition) is 7. The van der Waals surface area contributed by atoms with Crippen molar-refractivity contribution >= 4 is 29.4 Å². The Morgan fingerprint density at radius 2 is 2.00 bits per heavy atom. The molecule has 40 heavy (non-hydrogen) atoms. The Morgan fingerprint density at radius 3 is 2.73 bits per heavy atom. The van der Waals surface area contributed by atoms with Gasteiger partial charge >= 0.3 is 0 Å². The van der Waals surface area contributed by atoms with Crippen molar-refractivity contribution < 1.29 is 19.4 Å². The van der Waals surface area contributed by atoms with Crippen molar-refractivity contribution in [3.05, 3.63) is 75.9 Å². The van der Waals surface area contributed by atoms with Crippen LogP contribution in [0.25, 0.3) is 11.3 Å². The fourth-order valence-electron chi connectivity index (χ4n) is 5.14. The predicted octanol–water partition coefficient (Wildman–Crippen LogP) is 4.28. The van der Waals surface area contributed by atoms with Gasteiger partial charge in [0.1, 0.15) is 5.54 Å². The quantitative estimate of drug-likeness (QED) is 0.374. The first kappa shape index (κ1) is 28.0. The van der Waals surface area contributed by atoms with E-state index >= 15 is 0 Å². The van der Waals surface area contributed by atoms with E-state index in [1.54, 1.807) is 31.0 Å². The van der Waals surface area contributed by atoms with Gasteiger partial charge < -0.3 is 25.4 Å². The maximum atomic E-state index is 13.6. The van der Waals surface area contributed by atoms with Gasteiger partial charge in [-0.05, 0) is 50.8 Å². The van der Waals surface area contributed by atoms with Crippen LogP contribution in [-0.2, 0) is 16.1 Å². The first-order valence-electron chi connectivity index (χ1n) is 13.5. The molecule has 10 heteroatoms. The number of nitrogens with one attached hydrogen (secondary N) is 2. The average molecular weight is 564 g/mol. The molecule has 2 amide bonds. The van der Waals surface area contributed by atoms with E-state index in [2.05, 4.69) is 20.6 Å². The Morgan fingerprint density at radius 1 is 1.23 bits per heavy atom. The van der Waals surface area contributed by atoms with Crippen LogP contribution >= 0.6 is 11.6 Å². The zero-order chi connectivity index (χ0) is 28.4. The molecule has 0 aliphatic carbocycles. The van der Waals surface area contributed by atoms with Gasteiger partial charge in [-0.2, -0.15) is 0 Å². The Kier molecular flexibility index (Phi) is 8.07. The predicted molar refractivity (Wildman–Crippen MR) is 153 cm³/mol.